The number of aryl methyl sites for hydroxylation is 1. The topological polar surface area (TPSA) is 9.23 Å². The molecule has 0 spiro atoms. The molecule has 0 radical (unpaired) electrons. The molecule has 140 valence electrons. The SMILES string of the molecule is COc1c(-c2ccccc2C(C)C)cc(C)cc1-c1ccccc1C(C)C. The molecule has 0 N–H and O–H groups in total. The summed E-state index contributed by atoms with van der Waals surface area (Å²) in [6.07, 6.45) is 0. The molecule has 0 saturated heterocycles. The van der Waals surface area contributed by atoms with E-state index in [2.05, 4.69) is 95.3 Å². The lowest BCUT2D eigenvalue weighted by Crippen LogP contribution is -1.99. The Morgan fingerprint density at radius 1 is 0.630 bits per heavy atom. The van der Waals surface area contributed by atoms with Crippen molar-refractivity contribution in [3.8, 4) is 28.0 Å². The van der Waals surface area contributed by atoms with Crippen molar-refractivity contribution in [2.45, 2.75) is 46.5 Å². The summed E-state index contributed by atoms with van der Waals surface area (Å²) in [7, 11) is 1.79. The number of methoxy groups -OCH3 is 1. The van der Waals surface area contributed by atoms with Gasteiger partial charge in [-0.1, -0.05) is 76.2 Å². The van der Waals surface area contributed by atoms with Crippen LogP contribution >= 0.6 is 0 Å². The van der Waals surface area contributed by atoms with Crippen molar-refractivity contribution in [2.75, 3.05) is 7.11 Å². The average Bonchev–Trinajstić information content (AvgIpc) is 2.67. The molecule has 0 saturated carbocycles. The third kappa shape index (κ3) is 3.78. The second-order valence-electron chi connectivity index (χ2n) is 7.88. The molecule has 0 fully saturated rings. The zero-order valence-corrected chi connectivity index (χ0v) is 17.3. The van der Waals surface area contributed by atoms with E-state index in [-0.39, 0.29) is 0 Å². The van der Waals surface area contributed by atoms with Crippen molar-refractivity contribution in [1.29, 1.82) is 0 Å². The smallest absolute Gasteiger partial charge is 0.134 e. The zero-order chi connectivity index (χ0) is 19.6. The molecule has 1 nitrogen and oxygen atoms in total. The van der Waals surface area contributed by atoms with Crippen LogP contribution in [0.2, 0.25) is 0 Å². The highest BCUT2D eigenvalue weighted by Gasteiger charge is 2.19. The first-order valence-electron chi connectivity index (χ1n) is 9.81. The number of hydrogen-bond donors (Lipinski definition) is 0. The summed E-state index contributed by atoms with van der Waals surface area (Å²) < 4.78 is 6.01. The third-order valence-electron chi connectivity index (χ3n) is 5.18. The zero-order valence-electron chi connectivity index (χ0n) is 17.3. The molecule has 0 bridgehead atoms. The Morgan fingerprint density at radius 2 is 1.04 bits per heavy atom. The van der Waals surface area contributed by atoms with Gasteiger partial charge in [-0.2, -0.15) is 0 Å². The number of rotatable bonds is 5. The van der Waals surface area contributed by atoms with E-state index in [0.29, 0.717) is 11.8 Å². The summed E-state index contributed by atoms with van der Waals surface area (Å²) in [5.74, 6) is 1.87. The lowest BCUT2D eigenvalue weighted by Gasteiger charge is -2.21. The van der Waals surface area contributed by atoms with Gasteiger partial charge in [-0.05, 0) is 58.7 Å². The predicted molar refractivity (Wildman–Crippen MR) is 117 cm³/mol. The molecule has 1 heteroatoms. The van der Waals surface area contributed by atoms with Gasteiger partial charge in [-0.25, -0.2) is 0 Å². The fourth-order valence-electron chi connectivity index (χ4n) is 3.88. The quantitative estimate of drug-likeness (QED) is 0.456. The molecule has 0 heterocycles. The van der Waals surface area contributed by atoms with Crippen LogP contribution in [-0.2, 0) is 0 Å². The molecule has 0 amide bonds. The molecule has 0 unspecified atom stereocenters. The fourth-order valence-corrected chi connectivity index (χ4v) is 3.88. The van der Waals surface area contributed by atoms with Crippen LogP contribution in [0.1, 0.15) is 56.2 Å². The van der Waals surface area contributed by atoms with Gasteiger partial charge in [-0.15, -0.1) is 0 Å². The maximum Gasteiger partial charge on any atom is 0.134 e. The molecule has 0 aromatic heterocycles. The van der Waals surface area contributed by atoms with Crippen LogP contribution in [-0.4, -0.2) is 7.11 Å². The van der Waals surface area contributed by atoms with Crippen LogP contribution in [0, 0.1) is 6.92 Å². The Bertz CT molecular complexity index is 862. The van der Waals surface area contributed by atoms with Crippen molar-refractivity contribution >= 4 is 0 Å². The normalized spacial score (nSPS) is 11.3. The lowest BCUT2D eigenvalue weighted by molar-refractivity contribution is 0.418. The molecule has 27 heavy (non-hydrogen) atoms. The highest BCUT2D eigenvalue weighted by atomic mass is 16.5. The van der Waals surface area contributed by atoms with Crippen LogP contribution in [0.15, 0.2) is 60.7 Å². The summed E-state index contributed by atoms with van der Waals surface area (Å²) in [6, 6.07) is 21.9. The van der Waals surface area contributed by atoms with Gasteiger partial charge in [0.05, 0.1) is 7.11 Å². The van der Waals surface area contributed by atoms with Crippen molar-refractivity contribution < 1.29 is 4.74 Å². The standard InChI is InChI=1S/C26H30O/c1-17(2)20-11-7-9-13-22(20)24-15-19(5)16-25(26(24)27-6)23-14-10-8-12-21(23)18(3)4/h7-18H,1-6H3. The number of ether oxygens (including phenoxy) is 1. The van der Waals surface area contributed by atoms with E-state index in [1.165, 1.54) is 38.9 Å². The van der Waals surface area contributed by atoms with E-state index >= 15 is 0 Å². The first-order valence-corrected chi connectivity index (χ1v) is 9.81. The van der Waals surface area contributed by atoms with Gasteiger partial charge in [0.25, 0.3) is 0 Å². The molecule has 0 aliphatic rings. The average molecular weight is 359 g/mol. The third-order valence-corrected chi connectivity index (χ3v) is 5.18. The molecule has 3 aromatic carbocycles. The predicted octanol–water partition coefficient (Wildman–Crippen LogP) is 7.58. The summed E-state index contributed by atoms with van der Waals surface area (Å²) in [5.41, 5.74) is 8.82. The van der Waals surface area contributed by atoms with Crippen molar-refractivity contribution in [3.05, 3.63) is 77.4 Å². The summed E-state index contributed by atoms with van der Waals surface area (Å²) in [5, 5.41) is 0. The Labute approximate surface area is 164 Å². The lowest BCUT2D eigenvalue weighted by atomic mass is 9.86. The van der Waals surface area contributed by atoms with Crippen LogP contribution in [0.25, 0.3) is 22.3 Å². The molecule has 0 aliphatic carbocycles. The van der Waals surface area contributed by atoms with Gasteiger partial charge in [0.1, 0.15) is 5.75 Å². The van der Waals surface area contributed by atoms with Crippen LogP contribution in [0.3, 0.4) is 0 Å². The first kappa shape index (κ1) is 19.2. The Hall–Kier alpha value is -2.54. The monoisotopic (exact) mass is 358 g/mol. The van der Waals surface area contributed by atoms with Crippen LogP contribution in [0.4, 0.5) is 0 Å². The van der Waals surface area contributed by atoms with Gasteiger partial charge >= 0.3 is 0 Å². The second kappa shape index (κ2) is 8.00. The molecule has 3 aromatic rings. The van der Waals surface area contributed by atoms with Gasteiger partial charge < -0.3 is 4.74 Å². The van der Waals surface area contributed by atoms with Gasteiger partial charge in [0.2, 0.25) is 0 Å². The molecule has 3 rings (SSSR count). The van der Waals surface area contributed by atoms with Crippen molar-refractivity contribution in [3.63, 3.8) is 0 Å². The minimum Gasteiger partial charge on any atom is -0.495 e. The van der Waals surface area contributed by atoms with Crippen LogP contribution in [0.5, 0.6) is 5.75 Å². The maximum atomic E-state index is 6.01. The van der Waals surface area contributed by atoms with E-state index in [1.807, 2.05) is 0 Å². The van der Waals surface area contributed by atoms with Gasteiger partial charge in [0, 0.05) is 11.1 Å². The molecule has 0 atom stereocenters. The van der Waals surface area contributed by atoms with E-state index in [4.69, 9.17) is 4.74 Å². The highest BCUT2D eigenvalue weighted by Crippen LogP contribution is 2.44. The highest BCUT2D eigenvalue weighted by molar-refractivity contribution is 5.86. The van der Waals surface area contributed by atoms with E-state index in [0.717, 1.165) is 5.75 Å². The van der Waals surface area contributed by atoms with Gasteiger partial charge in [-0.3, -0.25) is 0 Å². The fraction of sp³-hybridized carbons (Fsp3) is 0.308. The molecule has 0 aliphatic heterocycles. The van der Waals surface area contributed by atoms with E-state index in [1.54, 1.807) is 7.11 Å². The Morgan fingerprint density at radius 3 is 1.41 bits per heavy atom. The van der Waals surface area contributed by atoms with Crippen molar-refractivity contribution in [1.82, 2.24) is 0 Å². The molecular formula is C26H30O. The minimum absolute atomic E-state index is 0.456. The van der Waals surface area contributed by atoms with E-state index < -0.39 is 0 Å². The van der Waals surface area contributed by atoms with Gasteiger partial charge in [0.15, 0.2) is 0 Å². The summed E-state index contributed by atoms with van der Waals surface area (Å²) in [6.45, 7) is 11.2. The summed E-state index contributed by atoms with van der Waals surface area (Å²) >= 11 is 0. The Balaban J connectivity index is 2.33. The van der Waals surface area contributed by atoms with Crippen LogP contribution < -0.4 is 4.74 Å². The number of hydrogen-bond acceptors (Lipinski definition) is 1. The Kier molecular flexibility index (Phi) is 5.70. The largest absolute Gasteiger partial charge is 0.495 e. The van der Waals surface area contributed by atoms with E-state index in [9.17, 15) is 0 Å². The number of benzene rings is 3. The first-order chi connectivity index (χ1) is 12.9. The van der Waals surface area contributed by atoms with Crippen molar-refractivity contribution in [2.24, 2.45) is 0 Å². The second-order valence-corrected chi connectivity index (χ2v) is 7.88. The minimum atomic E-state index is 0.456. The maximum absolute atomic E-state index is 6.01. The summed E-state index contributed by atoms with van der Waals surface area (Å²) in [4.78, 5) is 0. The molecular weight excluding hydrogens is 328 g/mol.